The van der Waals surface area contributed by atoms with Crippen molar-refractivity contribution in [2.24, 2.45) is 0 Å². The van der Waals surface area contributed by atoms with E-state index in [0.717, 1.165) is 0 Å². The molecule has 0 atom stereocenters. The Bertz CT molecular complexity index is 333. The predicted octanol–water partition coefficient (Wildman–Crippen LogP) is -0.416. The first-order valence-electron chi connectivity index (χ1n) is 2.88. The standard InChI is InChI=1S/C5H6NO6P/c6-1-3(2-13(10,11)12)4(7)5(8)9/h7H,2H2,(H,8,9)(H2,10,11,12)/b4-3+. The number of rotatable bonds is 3. The van der Waals surface area contributed by atoms with E-state index >= 15 is 0 Å². The van der Waals surface area contributed by atoms with Crippen LogP contribution in [0.15, 0.2) is 11.3 Å². The van der Waals surface area contributed by atoms with Crippen LogP contribution in [0, 0.1) is 11.3 Å². The fourth-order valence-electron chi connectivity index (χ4n) is 0.498. The van der Waals surface area contributed by atoms with Gasteiger partial charge >= 0.3 is 13.6 Å². The van der Waals surface area contributed by atoms with Crippen molar-refractivity contribution in [2.45, 2.75) is 0 Å². The molecule has 8 heteroatoms. The zero-order valence-corrected chi connectivity index (χ0v) is 7.10. The summed E-state index contributed by atoms with van der Waals surface area (Å²) >= 11 is 0. The van der Waals surface area contributed by atoms with Crippen molar-refractivity contribution < 1.29 is 29.4 Å². The van der Waals surface area contributed by atoms with Crippen molar-refractivity contribution in [1.82, 2.24) is 0 Å². The van der Waals surface area contributed by atoms with E-state index < -0.39 is 31.1 Å². The monoisotopic (exact) mass is 207 g/mol. The molecule has 72 valence electrons. The highest BCUT2D eigenvalue weighted by atomic mass is 31.2. The molecule has 0 heterocycles. The Hall–Kier alpha value is -1.35. The minimum Gasteiger partial charge on any atom is -0.501 e. The lowest BCUT2D eigenvalue weighted by molar-refractivity contribution is -0.135. The van der Waals surface area contributed by atoms with E-state index in [9.17, 15) is 9.36 Å². The first kappa shape index (κ1) is 11.6. The molecule has 0 rings (SSSR count). The van der Waals surface area contributed by atoms with E-state index in [4.69, 9.17) is 25.3 Å². The lowest BCUT2D eigenvalue weighted by Crippen LogP contribution is -2.05. The highest BCUT2D eigenvalue weighted by Crippen LogP contribution is 2.36. The van der Waals surface area contributed by atoms with Crippen LogP contribution in [0.1, 0.15) is 0 Å². The van der Waals surface area contributed by atoms with Gasteiger partial charge in [-0.05, 0) is 0 Å². The van der Waals surface area contributed by atoms with Gasteiger partial charge in [0, 0.05) is 0 Å². The maximum Gasteiger partial charge on any atom is 0.372 e. The minimum atomic E-state index is -4.54. The maximum absolute atomic E-state index is 10.3. The number of nitrogens with zero attached hydrogens (tertiary/aromatic N) is 1. The third kappa shape index (κ3) is 4.28. The smallest absolute Gasteiger partial charge is 0.372 e. The molecular formula is C5H6NO6P. The molecular weight excluding hydrogens is 201 g/mol. The number of hydrogen-bond donors (Lipinski definition) is 4. The van der Waals surface area contributed by atoms with Crippen LogP contribution in [0.3, 0.4) is 0 Å². The van der Waals surface area contributed by atoms with E-state index in [1.165, 1.54) is 6.07 Å². The van der Waals surface area contributed by atoms with Crippen LogP contribution in [0.2, 0.25) is 0 Å². The Balaban J connectivity index is 4.95. The average molecular weight is 207 g/mol. The van der Waals surface area contributed by atoms with Gasteiger partial charge in [0.1, 0.15) is 0 Å². The molecule has 0 amide bonds. The first-order valence-corrected chi connectivity index (χ1v) is 4.67. The van der Waals surface area contributed by atoms with E-state index in [1.54, 1.807) is 0 Å². The van der Waals surface area contributed by atoms with Crippen molar-refractivity contribution in [3.63, 3.8) is 0 Å². The van der Waals surface area contributed by atoms with E-state index in [2.05, 4.69) is 0 Å². The molecule has 0 aromatic heterocycles. The zero-order valence-electron chi connectivity index (χ0n) is 6.21. The molecule has 0 aromatic carbocycles. The molecule has 0 spiro atoms. The normalized spacial score (nSPS) is 13.0. The summed E-state index contributed by atoms with van der Waals surface area (Å²) in [6.07, 6.45) is -1.08. The lowest BCUT2D eigenvalue weighted by Gasteiger charge is -2.02. The number of aliphatic hydroxyl groups excluding tert-OH is 1. The van der Waals surface area contributed by atoms with Gasteiger partial charge in [-0.2, -0.15) is 5.26 Å². The van der Waals surface area contributed by atoms with Gasteiger partial charge in [0.05, 0.1) is 17.8 Å². The van der Waals surface area contributed by atoms with Crippen LogP contribution < -0.4 is 0 Å². The van der Waals surface area contributed by atoms with Crippen molar-refractivity contribution in [3.05, 3.63) is 11.3 Å². The second-order valence-electron chi connectivity index (χ2n) is 2.07. The fraction of sp³-hybridized carbons (Fsp3) is 0.200. The molecule has 7 nitrogen and oxygen atoms in total. The van der Waals surface area contributed by atoms with Crippen LogP contribution in [-0.2, 0) is 9.36 Å². The zero-order chi connectivity index (χ0) is 10.6. The summed E-state index contributed by atoms with van der Waals surface area (Å²) in [6, 6.07) is 1.20. The minimum absolute atomic E-state index is 0.846. The second kappa shape index (κ2) is 4.05. The van der Waals surface area contributed by atoms with Crippen molar-refractivity contribution >= 4 is 13.6 Å². The molecule has 13 heavy (non-hydrogen) atoms. The topological polar surface area (TPSA) is 139 Å². The number of aliphatic carboxylic acids is 1. The Morgan fingerprint density at radius 3 is 2.08 bits per heavy atom. The maximum atomic E-state index is 10.3. The fourth-order valence-corrected chi connectivity index (χ4v) is 1.13. The summed E-state index contributed by atoms with van der Waals surface area (Å²) < 4.78 is 10.3. The van der Waals surface area contributed by atoms with Gasteiger partial charge in [-0.1, -0.05) is 0 Å². The lowest BCUT2D eigenvalue weighted by atomic mass is 10.3. The van der Waals surface area contributed by atoms with Gasteiger partial charge in [0.25, 0.3) is 0 Å². The number of hydrogen-bond acceptors (Lipinski definition) is 4. The first-order chi connectivity index (χ1) is 5.78. The number of carboxylic acids is 1. The largest absolute Gasteiger partial charge is 0.501 e. The molecule has 0 unspecified atom stereocenters. The van der Waals surface area contributed by atoms with Crippen LogP contribution in [0.25, 0.3) is 0 Å². The molecule has 0 aliphatic rings. The highest BCUT2D eigenvalue weighted by Gasteiger charge is 2.22. The van der Waals surface area contributed by atoms with Gasteiger partial charge in [0.2, 0.25) is 5.76 Å². The van der Waals surface area contributed by atoms with Gasteiger partial charge in [-0.25, -0.2) is 4.79 Å². The molecule has 0 radical (unpaired) electrons. The molecule has 0 fully saturated rings. The molecule has 0 saturated heterocycles. The van der Waals surface area contributed by atoms with Gasteiger partial charge in [-0.3, -0.25) is 4.57 Å². The second-order valence-corrected chi connectivity index (χ2v) is 3.71. The summed E-state index contributed by atoms with van der Waals surface area (Å²) in [5.74, 6) is -3.14. The summed E-state index contributed by atoms with van der Waals surface area (Å²) in [5.41, 5.74) is -0.846. The van der Waals surface area contributed by atoms with Gasteiger partial charge in [0.15, 0.2) is 0 Å². The highest BCUT2D eigenvalue weighted by molar-refractivity contribution is 7.52. The number of carbonyl (C=O) groups is 1. The van der Waals surface area contributed by atoms with Crippen LogP contribution in [-0.4, -0.2) is 32.1 Å². The Morgan fingerprint density at radius 2 is 1.85 bits per heavy atom. The SMILES string of the molecule is N#C/C(CP(=O)(O)O)=C(\O)C(=O)O. The van der Waals surface area contributed by atoms with Crippen LogP contribution in [0.5, 0.6) is 0 Å². The average Bonchev–Trinajstić information content (AvgIpc) is 1.97. The summed E-state index contributed by atoms with van der Waals surface area (Å²) in [4.78, 5) is 26.8. The molecule has 0 bridgehead atoms. The van der Waals surface area contributed by atoms with Crippen molar-refractivity contribution in [2.75, 3.05) is 6.16 Å². The molecule has 0 aliphatic carbocycles. The number of aliphatic hydroxyl groups is 1. The molecule has 0 aromatic rings. The van der Waals surface area contributed by atoms with Crippen LogP contribution >= 0.6 is 7.60 Å². The third-order valence-electron chi connectivity index (χ3n) is 0.987. The van der Waals surface area contributed by atoms with Gasteiger partial charge in [-0.15, -0.1) is 0 Å². The van der Waals surface area contributed by atoms with Crippen molar-refractivity contribution in [3.8, 4) is 6.07 Å². The Kier molecular flexibility index (Phi) is 3.63. The van der Waals surface area contributed by atoms with Gasteiger partial charge < -0.3 is 20.0 Å². The molecule has 4 N–H and O–H groups in total. The van der Waals surface area contributed by atoms with Crippen molar-refractivity contribution in [1.29, 1.82) is 5.26 Å². The number of carboxylic acid groups (broad SMARTS) is 1. The summed E-state index contributed by atoms with van der Waals surface area (Å²) in [6.45, 7) is 0. The predicted molar refractivity (Wildman–Crippen MR) is 39.8 cm³/mol. The molecule has 0 saturated carbocycles. The van der Waals surface area contributed by atoms with Crippen LogP contribution in [0.4, 0.5) is 0 Å². The van der Waals surface area contributed by atoms with E-state index in [1.807, 2.05) is 0 Å². The molecule has 0 aliphatic heterocycles. The summed E-state index contributed by atoms with van der Waals surface area (Å²) in [5, 5.41) is 25.1. The number of nitriles is 1. The third-order valence-corrected chi connectivity index (χ3v) is 1.72. The quantitative estimate of drug-likeness (QED) is 0.213. The summed E-state index contributed by atoms with van der Waals surface area (Å²) in [7, 11) is -4.54. The Labute approximate surface area is 72.7 Å². The Morgan fingerprint density at radius 1 is 1.38 bits per heavy atom. The number of allylic oxidation sites excluding steroid dienone is 1. The van der Waals surface area contributed by atoms with E-state index in [0.29, 0.717) is 0 Å². The van der Waals surface area contributed by atoms with E-state index in [-0.39, 0.29) is 0 Å².